The molecule has 10 nitrogen and oxygen atoms in total. The number of piperazine rings is 1. The summed E-state index contributed by atoms with van der Waals surface area (Å²) in [7, 11) is 3.17. The van der Waals surface area contributed by atoms with Gasteiger partial charge in [-0.2, -0.15) is 4.98 Å². The summed E-state index contributed by atoms with van der Waals surface area (Å²) in [5, 5.41) is 0.714. The summed E-state index contributed by atoms with van der Waals surface area (Å²) in [6.07, 6.45) is 2.40. The van der Waals surface area contributed by atoms with Gasteiger partial charge in [-0.05, 0) is 25.3 Å². The van der Waals surface area contributed by atoms with Crippen LogP contribution < -0.4 is 20.1 Å². The summed E-state index contributed by atoms with van der Waals surface area (Å²) >= 11 is 0. The summed E-state index contributed by atoms with van der Waals surface area (Å²) in [6.45, 7) is 4.65. The van der Waals surface area contributed by atoms with Crippen LogP contribution in [-0.4, -0.2) is 87.1 Å². The van der Waals surface area contributed by atoms with Crippen molar-refractivity contribution >= 4 is 41.0 Å². The molecule has 1 atom stereocenters. The summed E-state index contributed by atoms with van der Waals surface area (Å²) in [5.74, 6) is 2.20. The third kappa shape index (κ3) is 4.54. The molecule has 3 fully saturated rings. The second-order valence-electron chi connectivity index (χ2n) is 9.06. The van der Waals surface area contributed by atoms with Crippen molar-refractivity contribution < 1.29 is 23.7 Å². The fourth-order valence-electron chi connectivity index (χ4n) is 5.04. The predicted molar refractivity (Wildman–Crippen MR) is 130 cm³/mol. The molecule has 186 valence electrons. The van der Waals surface area contributed by atoms with Crippen molar-refractivity contribution in [3.05, 3.63) is 12.1 Å². The van der Waals surface area contributed by atoms with Crippen molar-refractivity contribution in [2.45, 2.75) is 25.4 Å². The SMILES string of the molecule is COc1cc2nc(N3CCN(C(=O)C4CC5(CCOCC5)CO4)CC3)nc(N)c2cc1OC.Cl. The number of carbonyl (C=O) groups excluding carboxylic acids is 1. The van der Waals surface area contributed by atoms with E-state index in [4.69, 9.17) is 29.7 Å². The van der Waals surface area contributed by atoms with Crippen molar-refractivity contribution in [2.24, 2.45) is 5.41 Å². The van der Waals surface area contributed by atoms with E-state index in [9.17, 15) is 4.79 Å². The zero-order valence-corrected chi connectivity index (χ0v) is 20.4. The number of benzene rings is 1. The van der Waals surface area contributed by atoms with Crippen LogP contribution in [0.15, 0.2) is 12.1 Å². The van der Waals surface area contributed by atoms with Crippen LogP contribution in [0.2, 0.25) is 0 Å². The monoisotopic (exact) mass is 493 g/mol. The highest BCUT2D eigenvalue weighted by Gasteiger charge is 2.45. The maximum absolute atomic E-state index is 13.1. The molecule has 0 radical (unpaired) electrons. The molecule has 1 aromatic heterocycles. The molecule has 5 rings (SSSR count). The number of fused-ring (bicyclic) bond motifs is 1. The second-order valence-corrected chi connectivity index (χ2v) is 9.06. The first-order valence-electron chi connectivity index (χ1n) is 11.4. The lowest BCUT2D eigenvalue weighted by Crippen LogP contribution is -2.52. The largest absolute Gasteiger partial charge is 0.493 e. The molecule has 3 saturated heterocycles. The highest BCUT2D eigenvalue weighted by molar-refractivity contribution is 5.91. The minimum atomic E-state index is -0.343. The third-order valence-corrected chi connectivity index (χ3v) is 7.13. The van der Waals surface area contributed by atoms with Gasteiger partial charge in [-0.15, -0.1) is 12.4 Å². The summed E-state index contributed by atoms with van der Waals surface area (Å²) in [5.41, 5.74) is 7.04. The van der Waals surface area contributed by atoms with E-state index < -0.39 is 0 Å². The fraction of sp³-hybridized carbons (Fsp3) is 0.609. The quantitative estimate of drug-likeness (QED) is 0.682. The van der Waals surface area contributed by atoms with Gasteiger partial charge in [-0.3, -0.25) is 4.79 Å². The number of nitrogen functional groups attached to an aromatic ring is 1. The van der Waals surface area contributed by atoms with E-state index in [0.29, 0.717) is 67.0 Å². The fourth-order valence-corrected chi connectivity index (χ4v) is 5.04. The van der Waals surface area contributed by atoms with E-state index in [1.807, 2.05) is 4.90 Å². The van der Waals surface area contributed by atoms with Crippen LogP contribution in [0.5, 0.6) is 11.5 Å². The topological polar surface area (TPSA) is 112 Å². The van der Waals surface area contributed by atoms with E-state index in [1.165, 1.54) is 0 Å². The van der Waals surface area contributed by atoms with Gasteiger partial charge >= 0.3 is 0 Å². The van der Waals surface area contributed by atoms with Crippen LogP contribution in [-0.2, 0) is 14.3 Å². The highest BCUT2D eigenvalue weighted by Crippen LogP contribution is 2.42. The van der Waals surface area contributed by atoms with Gasteiger partial charge in [0.05, 0.1) is 26.3 Å². The zero-order valence-electron chi connectivity index (χ0n) is 19.6. The maximum atomic E-state index is 13.1. The summed E-state index contributed by atoms with van der Waals surface area (Å²) in [4.78, 5) is 26.3. The summed E-state index contributed by atoms with van der Waals surface area (Å²) in [6, 6.07) is 3.59. The van der Waals surface area contributed by atoms with Crippen LogP contribution in [0.25, 0.3) is 10.9 Å². The normalized spacial score (nSPS) is 22.0. The Labute approximate surface area is 205 Å². The maximum Gasteiger partial charge on any atom is 0.251 e. The smallest absolute Gasteiger partial charge is 0.251 e. The number of hydrogen-bond acceptors (Lipinski definition) is 9. The summed E-state index contributed by atoms with van der Waals surface area (Å²) < 4.78 is 22.2. The van der Waals surface area contributed by atoms with Crippen LogP contribution in [0.4, 0.5) is 11.8 Å². The first-order valence-corrected chi connectivity index (χ1v) is 11.4. The van der Waals surface area contributed by atoms with Crippen LogP contribution in [0.3, 0.4) is 0 Å². The Balaban J connectivity index is 0.00000274. The van der Waals surface area contributed by atoms with Crippen molar-refractivity contribution in [1.82, 2.24) is 14.9 Å². The van der Waals surface area contributed by atoms with Crippen molar-refractivity contribution in [1.29, 1.82) is 0 Å². The zero-order chi connectivity index (χ0) is 23.0. The van der Waals surface area contributed by atoms with Gasteiger partial charge in [0.25, 0.3) is 5.91 Å². The van der Waals surface area contributed by atoms with E-state index in [0.717, 1.165) is 32.5 Å². The van der Waals surface area contributed by atoms with Crippen molar-refractivity contribution in [3.8, 4) is 11.5 Å². The number of aromatic nitrogens is 2. The molecule has 1 aromatic carbocycles. The average Bonchev–Trinajstić information content (AvgIpc) is 3.26. The predicted octanol–water partition coefficient (Wildman–Crippen LogP) is 1.89. The van der Waals surface area contributed by atoms with Gasteiger partial charge in [0.2, 0.25) is 5.95 Å². The Kier molecular flexibility index (Phi) is 7.20. The minimum absolute atomic E-state index is 0. The number of ether oxygens (including phenoxy) is 4. The number of rotatable bonds is 4. The molecule has 4 heterocycles. The molecular weight excluding hydrogens is 462 g/mol. The third-order valence-electron chi connectivity index (χ3n) is 7.13. The molecule has 1 amide bonds. The number of amides is 1. The van der Waals surface area contributed by atoms with E-state index in [1.54, 1.807) is 26.4 Å². The molecule has 1 spiro atoms. The van der Waals surface area contributed by atoms with Crippen molar-refractivity contribution in [3.63, 3.8) is 0 Å². The molecular formula is C23H32ClN5O5. The second kappa shape index (κ2) is 9.97. The van der Waals surface area contributed by atoms with Crippen LogP contribution >= 0.6 is 12.4 Å². The van der Waals surface area contributed by atoms with Gasteiger partial charge in [0.1, 0.15) is 11.9 Å². The lowest BCUT2D eigenvalue weighted by Gasteiger charge is -2.36. The van der Waals surface area contributed by atoms with Gasteiger partial charge in [-0.1, -0.05) is 0 Å². The van der Waals surface area contributed by atoms with Crippen LogP contribution in [0, 0.1) is 5.41 Å². The van der Waals surface area contributed by atoms with Crippen molar-refractivity contribution in [2.75, 3.05) is 70.9 Å². The van der Waals surface area contributed by atoms with Gasteiger partial charge in [0, 0.05) is 56.3 Å². The molecule has 11 heteroatoms. The Bertz CT molecular complexity index is 1040. The van der Waals surface area contributed by atoms with Gasteiger partial charge in [-0.25, -0.2) is 4.98 Å². The minimum Gasteiger partial charge on any atom is -0.493 e. The molecule has 1 unspecified atom stereocenters. The number of halogens is 1. The Morgan fingerprint density at radius 1 is 1.09 bits per heavy atom. The molecule has 0 bridgehead atoms. The number of nitrogens with zero attached hydrogens (tertiary/aromatic N) is 4. The lowest BCUT2D eigenvalue weighted by atomic mass is 9.78. The Morgan fingerprint density at radius 3 is 2.44 bits per heavy atom. The average molecular weight is 494 g/mol. The number of nitrogens with two attached hydrogens (primary N) is 1. The Hall–Kier alpha value is -2.56. The van der Waals surface area contributed by atoms with Gasteiger partial charge < -0.3 is 34.5 Å². The highest BCUT2D eigenvalue weighted by atomic mass is 35.5. The molecule has 34 heavy (non-hydrogen) atoms. The van der Waals surface area contributed by atoms with Crippen LogP contribution in [0.1, 0.15) is 19.3 Å². The number of methoxy groups -OCH3 is 2. The standard InChI is InChI=1S/C23H31N5O5.ClH/c1-30-17-11-15-16(12-18(17)31-2)25-22(26-20(15)24)28-7-5-27(6-8-28)21(29)19-13-23(14-33-19)3-9-32-10-4-23;/h11-12,19H,3-10,13-14H2,1-2H3,(H2,24,25,26);1H. The van der Waals surface area contributed by atoms with Gasteiger partial charge in [0.15, 0.2) is 11.5 Å². The molecule has 2 N–H and O–H groups in total. The number of carbonyl (C=O) groups is 1. The lowest BCUT2D eigenvalue weighted by molar-refractivity contribution is -0.141. The van der Waals surface area contributed by atoms with E-state index in [-0.39, 0.29) is 29.8 Å². The molecule has 2 aromatic rings. The molecule has 3 aliphatic heterocycles. The first-order chi connectivity index (χ1) is 16.0. The van der Waals surface area contributed by atoms with E-state index in [2.05, 4.69) is 9.88 Å². The molecule has 0 saturated carbocycles. The molecule has 3 aliphatic rings. The first kappa shape index (κ1) is 24.6. The molecule has 0 aliphatic carbocycles. The number of anilines is 2. The number of hydrogen-bond donors (Lipinski definition) is 1. The Morgan fingerprint density at radius 2 is 1.76 bits per heavy atom. The van der Waals surface area contributed by atoms with E-state index >= 15 is 0 Å².